The van der Waals surface area contributed by atoms with Crippen molar-refractivity contribution in [3.05, 3.63) is 59.3 Å². The van der Waals surface area contributed by atoms with Crippen molar-refractivity contribution < 1.29 is 14.3 Å². The van der Waals surface area contributed by atoms with Gasteiger partial charge in [0.25, 0.3) is 0 Å². The van der Waals surface area contributed by atoms with Crippen molar-refractivity contribution in [3.63, 3.8) is 0 Å². The lowest BCUT2D eigenvalue weighted by Crippen LogP contribution is -2.15. The van der Waals surface area contributed by atoms with Gasteiger partial charge in [0.2, 0.25) is 5.78 Å². The zero-order valence-electron chi connectivity index (χ0n) is 14.2. The van der Waals surface area contributed by atoms with E-state index < -0.39 is 5.97 Å². The Morgan fingerprint density at radius 2 is 2.08 bits per heavy atom. The number of imidazole rings is 1. The largest absolute Gasteiger partial charge is 0.453 e. The summed E-state index contributed by atoms with van der Waals surface area (Å²) in [6.45, 7) is 3.68. The number of carbonyl (C=O) groups excluding carboxylic acids is 2. The molecule has 0 aliphatic heterocycles. The molecule has 128 valence electrons. The topological polar surface area (TPSA) is 65.6 Å². The van der Waals surface area contributed by atoms with Crippen LogP contribution >= 0.6 is 0 Å². The number of aromatic nitrogens is 3. The summed E-state index contributed by atoms with van der Waals surface area (Å²) in [4.78, 5) is 28.8. The van der Waals surface area contributed by atoms with Crippen LogP contribution in [0.5, 0.6) is 0 Å². The summed E-state index contributed by atoms with van der Waals surface area (Å²) in [5.74, 6) is -0.773. The molecule has 1 fully saturated rings. The molecule has 1 aliphatic rings. The first-order valence-electron chi connectivity index (χ1n) is 8.37. The molecular formula is C19H19N3O3. The van der Waals surface area contributed by atoms with Crippen LogP contribution in [0.1, 0.15) is 51.1 Å². The Kier molecular flexibility index (Phi) is 3.67. The summed E-state index contributed by atoms with van der Waals surface area (Å²) < 4.78 is 9.12. The van der Waals surface area contributed by atoms with Crippen LogP contribution in [-0.4, -0.2) is 32.3 Å². The quantitative estimate of drug-likeness (QED) is 0.530. The Morgan fingerprint density at radius 1 is 1.28 bits per heavy atom. The van der Waals surface area contributed by atoms with E-state index in [0.717, 1.165) is 24.2 Å². The number of hydrogen-bond acceptors (Lipinski definition) is 4. The van der Waals surface area contributed by atoms with Crippen molar-refractivity contribution in [1.29, 1.82) is 0 Å². The van der Waals surface area contributed by atoms with Crippen LogP contribution in [0.4, 0.5) is 0 Å². The van der Waals surface area contributed by atoms with E-state index in [1.165, 1.54) is 0 Å². The average Bonchev–Trinajstić information content (AvgIpc) is 3.25. The molecule has 3 heterocycles. The molecule has 0 bridgehead atoms. The van der Waals surface area contributed by atoms with Crippen molar-refractivity contribution in [2.24, 2.45) is 0 Å². The molecule has 0 spiro atoms. The van der Waals surface area contributed by atoms with Crippen molar-refractivity contribution in [3.8, 4) is 0 Å². The van der Waals surface area contributed by atoms with E-state index in [4.69, 9.17) is 4.74 Å². The first-order valence-corrected chi connectivity index (χ1v) is 8.37. The predicted octanol–water partition coefficient (Wildman–Crippen LogP) is 3.13. The third-order valence-corrected chi connectivity index (χ3v) is 4.60. The molecule has 0 atom stereocenters. The molecule has 0 aromatic carbocycles. The Balaban J connectivity index is 1.46. The molecule has 1 saturated carbocycles. The molecule has 3 aromatic heterocycles. The number of rotatable bonds is 5. The molecule has 25 heavy (non-hydrogen) atoms. The highest BCUT2D eigenvalue weighted by Gasteiger charge is 2.28. The second-order valence-corrected chi connectivity index (χ2v) is 6.48. The Morgan fingerprint density at radius 3 is 2.80 bits per heavy atom. The van der Waals surface area contributed by atoms with Crippen LogP contribution in [-0.2, 0) is 4.74 Å². The van der Waals surface area contributed by atoms with Gasteiger partial charge in [-0.3, -0.25) is 4.79 Å². The minimum atomic E-state index is -0.590. The van der Waals surface area contributed by atoms with Crippen LogP contribution in [0, 0.1) is 13.8 Å². The standard InChI is InChI=1S/C19H19N3O3/c1-12-9-15(13(2)22(12)14-6-7-14)17(23)11-25-19(24)16-10-21-8-4-3-5-18(21)20-16/h3-5,8-10,14H,6-7,11H2,1-2H3. The minimum absolute atomic E-state index is 0.183. The number of hydrogen-bond donors (Lipinski definition) is 0. The fourth-order valence-corrected chi connectivity index (χ4v) is 3.27. The van der Waals surface area contributed by atoms with Crippen LogP contribution in [0.15, 0.2) is 36.7 Å². The van der Waals surface area contributed by atoms with Gasteiger partial charge < -0.3 is 13.7 Å². The smallest absolute Gasteiger partial charge is 0.359 e. The van der Waals surface area contributed by atoms with Gasteiger partial charge in [-0.25, -0.2) is 9.78 Å². The summed E-state index contributed by atoms with van der Waals surface area (Å²) in [7, 11) is 0. The van der Waals surface area contributed by atoms with Crippen molar-refractivity contribution in [2.45, 2.75) is 32.7 Å². The van der Waals surface area contributed by atoms with Crippen molar-refractivity contribution >= 4 is 17.4 Å². The fourth-order valence-electron chi connectivity index (χ4n) is 3.27. The summed E-state index contributed by atoms with van der Waals surface area (Å²) in [6, 6.07) is 7.89. The van der Waals surface area contributed by atoms with E-state index in [1.54, 1.807) is 22.9 Å². The average molecular weight is 337 g/mol. The third-order valence-electron chi connectivity index (χ3n) is 4.60. The Labute approximate surface area is 145 Å². The molecule has 0 N–H and O–H groups in total. The first-order chi connectivity index (χ1) is 12.0. The van der Waals surface area contributed by atoms with E-state index in [1.807, 2.05) is 32.0 Å². The van der Waals surface area contributed by atoms with Crippen molar-refractivity contribution in [1.82, 2.24) is 14.0 Å². The molecule has 6 heteroatoms. The summed E-state index contributed by atoms with van der Waals surface area (Å²) in [5.41, 5.74) is 3.52. The number of Topliss-reactive ketones (excluding diaryl/α,β-unsaturated/α-hetero) is 1. The molecule has 0 saturated heterocycles. The number of nitrogens with zero attached hydrogens (tertiary/aromatic N) is 3. The van der Waals surface area contributed by atoms with Gasteiger partial charge >= 0.3 is 5.97 Å². The fraction of sp³-hybridized carbons (Fsp3) is 0.316. The van der Waals surface area contributed by atoms with Crippen molar-refractivity contribution in [2.75, 3.05) is 6.61 Å². The molecule has 3 aromatic rings. The lowest BCUT2D eigenvalue weighted by atomic mass is 10.1. The normalized spacial score (nSPS) is 14.0. The van der Waals surface area contributed by atoms with Gasteiger partial charge in [0.1, 0.15) is 5.65 Å². The van der Waals surface area contributed by atoms with Gasteiger partial charge in [-0.15, -0.1) is 0 Å². The lowest BCUT2D eigenvalue weighted by Gasteiger charge is -2.07. The summed E-state index contributed by atoms with van der Waals surface area (Å²) >= 11 is 0. The predicted molar refractivity (Wildman–Crippen MR) is 92.0 cm³/mol. The van der Waals surface area contributed by atoms with E-state index in [0.29, 0.717) is 17.3 Å². The van der Waals surface area contributed by atoms with Crippen LogP contribution in [0.3, 0.4) is 0 Å². The second-order valence-electron chi connectivity index (χ2n) is 6.48. The van der Waals surface area contributed by atoms with Gasteiger partial charge in [-0.05, 0) is 44.9 Å². The minimum Gasteiger partial charge on any atom is -0.453 e. The monoisotopic (exact) mass is 337 g/mol. The maximum atomic E-state index is 12.5. The highest BCUT2D eigenvalue weighted by atomic mass is 16.5. The summed E-state index contributed by atoms with van der Waals surface area (Å²) in [5, 5.41) is 0. The maximum Gasteiger partial charge on any atom is 0.359 e. The van der Waals surface area contributed by atoms with E-state index in [-0.39, 0.29) is 18.1 Å². The Hall–Kier alpha value is -2.89. The number of carbonyl (C=O) groups is 2. The molecule has 0 radical (unpaired) electrons. The Bertz CT molecular complexity index is 946. The van der Waals surface area contributed by atoms with Gasteiger partial charge in [0.15, 0.2) is 12.3 Å². The van der Waals surface area contributed by atoms with E-state index in [2.05, 4.69) is 9.55 Å². The van der Waals surface area contributed by atoms with E-state index >= 15 is 0 Å². The van der Waals surface area contributed by atoms with Gasteiger partial charge in [0.05, 0.1) is 0 Å². The highest BCUT2D eigenvalue weighted by Crippen LogP contribution is 2.38. The second kappa shape index (κ2) is 5.88. The van der Waals surface area contributed by atoms with E-state index in [9.17, 15) is 9.59 Å². The first kappa shape index (κ1) is 15.6. The number of esters is 1. The zero-order chi connectivity index (χ0) is 17.6. The third kappa shape index (κ3) is 2.84. The lowest BCUT2D eigenvalue weighted by molar-refractivity contribution is 0.0469. The molecule has 4 rings (SSSR count). The number of fused-ring (bicyclic) bond motifs is 1. The van der Waals surface area contributed by atoms with Crippen LogP contribution < -0.4 is 0 Å². The SMILES string of the molecule is Cc1cc(C(=O)COC(=O)c2cn3ccccc3n2)c(C)n1C1CC1. The van der Waals surface area contributed by atoms with Crippen LogP contribution in [0.2, 0.25) is 0 Å². The van der Waals surface area contributed by atoms with Gasteiger partial charge in [-0.1, -0.05) is 6.07 Å². The maximum absolute atomic E-state index is 12.5. The number of ether oxygens (including phenoxy) is 1. The zero-order valence-corrected chi connectivity index (χ0v) is 14.2. The number of aryl methyl sites for hydroxylation is 1. The van der Waals surface area contributed by atoms with Crippen LogP contribution in [0.25, 0.3) is 5.65 Å². The molecule has 0 amide bonds. The van der Waals surface area contributed by atoms with Gasteiger partial charge in [0, 0.05) is 35.4 Å². The van der Waals surface area contributed by atoms with Gasteiger partial charge in [-0.2, -0.15) is 0 Å². The number of pyridine rings is 1. The molecule has 1 aliphatic carbocycles. The highest BCUT2D eigenvalue weighted by molar-refractivity contribution is 6.00. The molecule has 6 nitrogen and oxygen atoms in total. The molecular weight excluding hydrogens is 318 g/mol. The molecule has 0 unspecified atom stereocenters. The summed E-state index contributed by atoms with van der Waals surface area (Å²) in [6.07, 6.45) is 5.72. The number of ketones is 1.